The molecule has 10 heteroatoms. The average Bonchev–Trinajstić information content (AvgIpc) is 3.26. The van der Waals surface area contributed by atoms with Crippen LogP contribution in [0, 0.1) is 0 Å². The molecule has 0 saturated carbocycles. The number of imidazole rings is 1. The van der Waals surface area contributed by atoms with Crippen LogP contribution < -0.4 is 9.30 Å². The second-order valence-corrected chi connectivity index (χ2v) is 10.5. The van der Waals surface area contributed by atoms with Crippen LogP contribution in [-0.2, 0) is 24.4 Å². The largest absolute Gasteiger partial charge is 0.488 e. The molecule has 0 amide bonds. The Labute approximate surface area is 239 Å². The Morgan fingerprint density at radius 2 is 1.44 bits per heavy atom. The van der Waals surface area contributed by atoms with Crippen LogP contribution in [0.4, 0.5) is 0 Å². The Hall–Kier alpha value is -1.63. The van der Waals surface area contributed by atoms with Gasteiger partial charge < -0.3 is 9.47 Å². The fourth-order valence-electron chi connectivity index (χ4n) is 3.56. The summed E-state index contributed by atoms with van der Waals surface area (Å²) in [5.41, 5.74) is 1.66. The highest BCUT2D eigenvalue weighted by molar-refractivity contribution is 6.36. The van der Waals surface area contributed by atoms with E-state index < -0.39 is 0 Å². The number of benzene rings is 3. The summed E-state index contributed by atoms with van der Waals surface area (Å²) in [6, 6.07) is 15.9. The summed E-state index contributed by atoms with van der Waals surface area (Å²) >= 11 is 37.1. The lowest BCUT2D eigenvalue weighted by Crippen LogP contribution is -2.35. The fraction of sp³-hybridized carbons (Fsp3) is 0.192. The quantitative estimate of drug-likeness (QED) is 0.169. The Bertz CT molecular complexity index is 1340. The average molecular weight is 606 g/mol. The smallest absolute Gasteiger partial charge is 0.243 e. The van der Waals surface area contributed by atoms with Crippen LogP contribution in [0.25, 0.3) is 0 Å². The predicted molar refractivity (Wildman–Crippen MR) is 147 cm³/mol. The fourth-order valence-corrected chi connectivity index (χ4v) is 5.01. The minimum atomic E-state index is -0.355. The van der Waals surface area contributed by atoms with Crippen molar-refractivity contribution in [3.05, 3.63) is 115 Å². The van der Waals surface area contributed by atoms with Crippen molar-refractivity contribution in [1.82, 2.24) is 4.57 Å². The van der Waals surface area contributed by atoms with Gasteiger partial charge >= 0.3 is 0 Å². The topological polar surface area (TPSA) is 27.3 Å². The SMILES string of the molecule is Clc1ccc(COC(C[n+]2ccn(CCOc3ccc(Cl)cc3Cl)c2)c2ccc(Cl)cc2Cl)c(Cl)c1. The van der Waals surface area contributed by atoms with E-state index in [9.17, 15) is 0 Å². The Balaban J connectivity index is 1.44. The van der Waals surface area contributed by atoms with E-state index in [0.717, 1.165) is 11.1 Å². The molecule has 1 heterocycles. The van der Waals surface area contributed by atoms with Crippen LogP contribution in [0.1, 0.15) is 17.2 Å². The first-order valence-electron chi connectivity index (χ1n) is 10.9. The van der Waals surface area contributed by atoms with Crippen LogP contribution in [-0.4, -0.2) is 11.2 Å². The molecule has 4 nitrogen and oxygen atoms in total. The molecule has 4 aromatic rings. The van der Waals surface area contributed by atoms with E-state index in [0.29, 0.717) is 55.6 Å². The second kappa shape index (κ2) is 12.7. The summed E-state index contributed by atoms with van der Waals surface area (Å²) < 4.78 is 16.1. The maximum atomic E-state index is 6.52. The van der Waals surface area contributed by atoms with Crippen molar-refractivity contribution < 1.29 is 14.0 Å². The van der Waals surface area contributed by atoms with E-state index >= 15 is 0 Å². The summed E-state index contributed by atoms with van der Waals surface area (Å²) in [7, 11) is 0. The Morgan fingerprint density at radius 1 is 0.778 bits per heavy atom. The summed E-state index contributed by atoms with van der Waals surface area (Å²) in [5, 5.41) is 3.24. The lowest BCUT2D eigenvalue weighted by Gasteiger charge is -2.19. The van der Waals surface area contributed by atoms with E-state index in [4.69, 9.17) is 79.1 Å². The molecule has 0 bridgehead atoms. The van der Waals surface area contributed by atoms with Gasteiger partial charge in [-0.25, -0.2) is 9.13 Å². The molecule has 0 radical (unpaired) electrons. The van der Waals surface area contributed by atoms with Crippen LogP contribution >= 0.6 is 69.6 Å². The van der Waals surface area contributed by atoms with E-state index in [2.05, 4.69) is 0 Å². The number of halogens is 6. The van der Waals surface area contributed by atoms with Crippen LogP contribution in [0.3, 0.4) is 0 Å². The van der Waals surface area contributed by atoms with Crippen molar-refractivity contribution in [2.24, 2.45) is 0 Å². The van der Waals surface area contributed by atoms with E-state index in [1.807, 2.05) is 40.0 Å². The van der Waals surface area contributed by atoms with Crippen molar-refractivity contribution in [2.75, 3.05) is 6.61 Å². The van der Waals surface area contributed by atoms with Crippen LogP contribution in [0.2, 0.25) is 30.1 Å². The van der Waals surface area contributed by atoms with Gasteiger partial charge in [0, 0.05) is 30.7 Å². The zero-order valence-electron chi connectivity index (χ0n) is 18.8. The standard InChI is InChI=1S/C26H21Cl6N2O2/c27-18-2-1-17(22(30)11-18)15-36-26(21-5-3-19(28)12-23(21)31)14-34-8-7-33(16-34)9-10-35-25-6-4-20(29)13-24(25)32/h1-8,11-13,16,26H,9-10,14-15H2/q+1. The first kappa shape index (κ1) is 27.4. The van der Waals surface area contributed by atoms with Crippen molar-refractivity contribution in [2.45, 2.75) is 25.8 Å². The third-order valence-electron chi connectivity index (χ3n) is 5.39. The molecular weight excluding hydrogens is 585 g/mol. The van der Waals surface area contributed by atoms with Crippen molar-refractivity contribution in [3.8, 4) is 5.75 Å². The summed E-state index contributed by atoms with van der Waals surface area (Å²) in [6.07, 6.45) is 5.54. The number of hydrogen-bond acceptors (Lipinski definition) is 2. The van der Waals surface area contributed by atoms with Crippen molar-refractivity contribution in [1.29, 1.82) is 0 Å². The van der Waals surface area contributed by atoms with E-state index in [-0.39, 0.29) is 12.7 Å². The van der Waals surface area contributed by atoms with Gasteiger partial charge in [-0.2, -0.15) is 0 Å². The Kier molecular flexibility index (Phi) is 9.71. The van der Waals surface area contributed by atoms with E-state index in [1.54, 1.807) is 42.5 Å². The summed E-state index contributed by atoms with van der Waals surface area (Å²) in [4.78, 5) is 0. The third kappa shape index (κ3) is 7.45. The molecule has 188 valence electrons. The van der Waals surface area contributed by atoms with Gasteiger partial charge in [0.2, 0.25) is 6.33 Å². The maximum absolute atomic E-state index is 6.52. The zero-order chi connectivity index (χ0) is 25.7. The molecule has 0 aliphatic heterocycles. The highest BCUT2D eigenvalue weighted by atomic mass is 35.5. The first-order valence-corrected chi connectivity index (χ1v) is 13.2. The molecule has 36 heavy (non-hydrogen) atoms. The minimum Gasteiger partial charge on any atom is -0.488 e. The van der Waals surface area contributed by atoms with Gasteiger partial charge in [0.05, 0.1) is 11.6 Å². The second-order valence-electron chi connectivity index (χ2n) is 7.97. The molecule has 1 atom stereocenters. The number of aromatic nitrogens is 2. The van der Waals surface area contributed by atoms with Crippen LogP contribution in [0.5, 0.6) is 5.75 Å². The van der Waals surface area contributed by atoms with Gasteiger partial charge in [-0.05, 0) is 48.0 Å². The molecule has 0 saturated heterocycles. The van der Waals surface area contributed by atoms with Gasteiger partial charge in [-0.1, -0.05) is 81.7 Å². The van der Waals surface area contributed by atoms with Gasteiger partial charge in [0.1, 0.15) is 43.9 Å². The molecule has 0 spiro atoms. The van der Waals surface area contributed by atoms with Crippen LogP contribution in [0.15, 0.2) is 73.3 Å². The Morgan fingerprint density at radius 3 is 2.14 bits per heavy atom. The van der Waals surface area contributed by atoms with Gasteiger partial charge in [-0.15, -0.1) is 0 Å². The molecule has 0 aliphatic rings. The van der Waals surface area contributed by atoms with E-state index in [1.165, 1.54) is 0 Å². The number of ether oxygens (including phenoxy) is 2. The number of hydrogen-bond donors (Lipinski definition) is 0. The maximum Gasteiger partial charge on any atom is 0.243 e. The minimum absolute atomic E-state index is 0.288. The van der Waals surface area contributed by atoms with Crippen molar-refractivity contribution in [3.63, 3.8) is 0 Å². The lowest BCUT2D eigenvalue weighted by molar-refractivity contribution is -0.704. The molecular formula is C26H21Cl6N2O2+. The van der Waals surface area contributed by atoms with Gasteiger partial charge in [0.15, 0.2) is 0 Å². The monoisotopic (exact) mass is 603 g/mol. The molecule has 0 aliphatic carbocycles. The van der Waals surface area contributed by atoms with Gasteiger partial charge in [0.25, 0.3) is 0 Å². The summed E-state index contributed by atoms with van der Waals surface area (Å²) in [6.45, 7) is 1.87. The molecule has 0 fully saturated rings. The third-order valence-corrected chi connectivity index (χ3v) is 7.07. The highest BCUT2D eigenvalue weighted by Gasteiger charge is 2.20. The first-order chi connectivity index (χ1) is 17.3. The summed E-state index contributed by atoms with van der Waals surface area (Å²) in [5.74, 6) is 0.591. The normalized spacial score (nSPS) is 12.1. The highest BCUT2D eigenvalue weighted by Crippen LogP contribution is 2.31. The number of rotatable bonds is 10. The predicted octanol–water partition coefficient (Wildman–Crippen LogP) is 8.73. The lowest BCUT2D eigenvalue weighted by atomic mass is 10.1. The van der Waals surface area contributed by atoms with Gasteiger partial charge in [-0.3, -0.25) is 0 Å². The van der Waals surface area contributed by atoms with Crippen molar-refractivity contribution >= 4 is 69.6 Å². The molecule has 1 aromatic heterocycles. The molecule has 3 aromatic carbocycles. The molecule has 1 unspecified atom stereocenters. The molecule has 0 N–H and O–H groups in total. The number of nitrogens with zero attached hydrogens (tertiary/aromatic N) is 2. The molecule has 4 rings (SSSR count). The zero-order valence-corrected chi connectivity index (χ0v) is 23.3.